The molecule has 10 heteroatoms. The fourth-order valence-corrected chi connectivity index (χ4v) is 2.29. The number of aryl methyl sites for hydroxylation is 2. The second-order valence-electron chi connectivity index (χ2n) is 5.05. The summed E-state index contributed by atoms with van der Waals surface area (Å²) in [5, 5.41) is 9.17. The maximum Gasteiger partial charge on any atom is 0.436 e. The molecule has 0 fully saturated rings. The average molecular weight is 351 g/mol. The highest BCUT2D eigenvalue weighted by molar-refractivity contribution is 6.32. The molecular formula is C13H14ClF3N4O2. The molecule has 0 aliphatic rings. The molecule has 0 spiro atoms. The van der Waals surface area contributed by atoms with E-state index in [4.69, 9.17) is 16.1 Å². The van der Waals surface area contributed by atoms with Gasteiger partial charge in [-0.1, -0.05) is 16.8 Å². The van der Waals surface area contributed by atoms with Crippen molar-refractivity contribution in [2.45, 2.75) is 39.9 Å². The van der Waals surface area contributed by atoms with Gasteiger partial charge in [0.2, 0.25) is 5.91 Å². The Bertz CT molecular complexity index is 732. The Morgan fingerprint density at radius 2 is 1.96 bits per heavy atom. The van der Waals surface area contributed by atoms with Crippen LogP contribution in [0.5, 0.6) is 0 Å². The Balaban J connectivity index is 2.30. The third-order valence-electron chi connectivity index (χ3n) is 3.37. The second kappa shape index (κ2) is 5.88. The summed E-state index contributed by atoms with van der Waals surface area (Å²) in [6, 6.07) is -1.00. The van der Waals surface area contributed by atoms with Crippen LogP contribution in [0, 0.1) is 20.8 Å². The number of nitrogens with one attached hydrogen (secondary N) is 1. The molecule has 0 aromatic carbocycles. The third kappa shape index (κ3) is 3.19. The number of nitrogens with zero attached hydrogens (tertiary/aromatic N) is 3. The SMILES string of the molecule is Cc1noc(C)c1NC(=O)C(C)n1nc(C(F)(F)F)c(Cl)c1C. The number of halogens is 4. The molecule has 2 aromatic heterocycles. The molecule has 0 bridgehead atoms. The van der Waals surface area contributed by atoms with Crippen LogP contribution in [0.4, 0.5) is 18.9 Å². The minimum atomic E-state index is -4.69. The van der Waals surface area contributed by atoms with Gasteiger partial charge in [-0.25, -0.2) is 0 Å². The summed E-state index contributed by atoms with van der Waals surface area (Å²) >= 11 is 5.68. The largest absolute Gasteiger partial charge is 0.436 e. The number of rotatable bonds is 3. The van der Waals surface area contributed by atoms with Gasteiger partial charge in [0.25, 0.3) is 0 Å². The Labute approximate surface area is 134 Å². The lowest BCUT2D eigenvalue weighted by Gasteiger charge is -2.14. The number of hydrogen-bond donors (Lipinski definition) is 1. The Morgan fingerprint density at radius 3 is 2.39 bits per heavy atom. The van der Waals surface area contributed by atoms with Gasteiger partial charge in [0, 0.05) is 0 Å². The zero-order valence-corrected chi connectivity index (χ0v) is 13.5. The van der Waals surface area contributed by atoms with Gasteiger partial charge in [-0.15, -0.1) is 0 Å². The van der Waals surface area contributed by atoms with Crippen LogP contribution < -0.4 is 5.32 Å². The van der Waals surface area contributed by atoms with Gasteiger partial charge in [-0.2, -0.15) is 18.3 Å². The summed E-state index contributed by atoms with van der Waals surface area (Å²) in [4.78, 5) is 12.3. The molecule has 2 rings (SSSR count). The number of amides is 1. The molecular weight excluding hydrogens is 337 g/mol. The van der Waals surface area contributed by atoms with Crippen LogP contribution in [0.25, 0.3) is 0 Å². The number of carbonyl (C=O) groups excluding carboxylic acids is 1. The van der Waals surface area contributed by atoms with Crippen LogP contribution >= 0.6 is 11.6 Å². The standard InChI is InChI=1S/C13H14ClF3N4O2/c1-5-10(8(4)23-20-5)18-12(22)7(3)21-6(2)9(14)11(19-21)13(15,16)17/h7H,1-4H3,(H,18,22). The first-order valence-electron chi connectivity index (χ1n) is 6.59. The Hall–Kier alpha value is -2.03. The van der Waals surface area contributed by atoms with Crippen LogP contribution in [-0.4, -0.2) is 20.8 Å². The summed E-state index contributed by atoms with van der Waals surface area (Å²) in [6.45, 7) is 6.03. The first-order chi connectivity index (χ1) is 10.5. The molecule has 1 unspecified atom stereocenters. The fraction of sp³-hybridized carbons (Fsp3) is 0.462. The predicted molar refractivity (Wildman–Crippen MR) is 76.3 cm³/mol. The molecule has 1 atom stereocenters. The van der Waals surface area contributed by atoms with Gasteiger partial charge >= 0.3 is 6.18 Å². The van der Waals surface area contributed by atoms with Crippen molar-refractivity contribution in [2.75, 3.05) is 5.32 Å². The van der Waals surface area contributed by atoms with Gasteiger partial charge in [-0.3, -0.25) is 9.48 Å². The number of hydrogen-bond acceptors (Lipinski definition) is 4. The van der Waals surface area contributed by atoms with E-state index in [1.165, 1.54) is 13.8 Å². The number of carbonyl (C=O) groups is 1. The quantitative estimate of drug-likeness (QED) is 0.916. The van der Waals surface area contributed by atoms with Crippen molar-refractivity contribution in [1.82, 2.24) is 14.9 Å². The van der Waals surface area contributed by atoms with E-state index >= 15 is 0 Å². The first-order valence-corrected chi connectivity index (χ1v) is 6.97. The smallest absolute Gasteiger partial charge is 0.359 e. The summed E-state index contributed by atoms with van der Waals surface area (Å²) < 4.78 is 44.4. The van der Waals surface area contributed by atoms with E-state index in [2.05, 4.69) is 15.6 Å². The maximum atomic E-state index is 12.8. The molecule has 0 aliphatic carbocycles. The topological polar surface area (TPSA) is 73.0 Å². The summed E-state index contributed by atoms with van der Waals surface area (Å²) in [7, 11) is 0. The van der Waals surface area contributed by atoms with E-state index in [9.17, 15) is 18.0 Å². The lowest BCUT2D eigenvalue weighted by molar-refractivity contribution is -0.141. The van der Waals surface area contributed by atoms with E-state index in [0.717, 1.165) is 4.68 Å². The van der Waals surface area contributed by atoms with E-state index in [0.29, 0.717) is 17.1 Å². The lowest BCUT2D eigenvalue weighted by atomic mass is 10.2. The monoisotopic (exact) mass is 350 g/mol. The highest BCUT2D eigenvalue weighted by Crippen LogP contribution is 2.36. The van der Waals surface area contributed by atoms with E-state index in [1.54, 1.807) is 13.8 Å². The second-order valence-corrected chi connectivity index (χ2v) is 5.43. The molecule has 2 heterocycles. The molecule has 1 amide bonds. The van der Waals surface area contributed by atoms with Crippen LogP contribution in [-0.2, 0) is 11.0 Å². The van der Waals surface area contributed by atoms with Gasteiger partial charge in [-0.05, 0) is 27.7 Å². The molecule has 2 aromatic rings. The van der Waals surface area contributed by atoms with Crippen molar-refractivity contribution in [3.8, 4) is 0 Å². The van der Waals surface area contributed by atoms with Crippen molar-refractivity contribution >= 4 is 23.2 Å². The average Bonchev–Trinajstić information content (AvgIpc) is 2.92. The highest BCUT2D eigenvalue weighted by Gasteiger charge is 2.39. The van der Waals surface area contributed by atoms with Crippen LogP contribution in [0.1, 0.15) is 35.8 Å². The maximum absolute atomic E-state index is 12.8. The summed E-state index contributed by atoms with van der Waals surface area (Å²) in [5.74, 6) is -0.162. The van der Waals surface area contributed by atoms with Gasteiger partial charge in [0.05, 0.1) is 10.7 Å². The van der Waals surface area contributed by atoms with E-state index in [1.807, 2.05) is 0 Å². The molecule has 1 N–H and O–H groups in total. The minimum Gasteiger partial charge on any atom is -0.359 e. The molecule has 0 aliphatic heterocycles. The predicted octanol–water partition coefficient (Wildman–Crippen LogP) is 3.67. The number of anilines is 1. The number of alkyl halides is 3. The first kappa shape index (κ1) is 17.3. The van der Waals surface area contributed by atoms with E-state index in [-0.39, 0.29) is 5.69 Å². The highest BCUT2D eigenvalue weighted by atomic mass is 35.5. The Morgan fingerprint density at radius 1 is 1.35 bits per heavy atom. The van der Waals surface area contributed by atoms with Gasteiger partial charge < -0.3 is 9.84 Å². The third-order valence-corrected chi connectivity index (χ3v) is 3.83. The van der Waals surface area contributed by atoms with Gasteiger partial charge in [0.15, 0.2) is 11.5 Å². The number of aromatic nitrogens is 3. The molecule has 0 saturated carbocycles. The van der Waals surface area contributed by atoms with Crippen molar-refractivity contribution in [3.05, 3.63) is 27.9 Å². The molecule has 0 radical (unpaired) electrons. The van der Waals surface area contributed by atoms with Crippen LogP contribution in [0.3, 0.4) is 0 Å². The van der Waals surface area contributed by atoms with Crippen molar-refractivity contribution in [2.24, 2.45) is 0 Å². The molecule has 0 saturated heterocycles. The fourth-order valence-electron chi connectivity index (χ4n) is 2.06. The normalized spacial score (nSPS) is 13.2. The Kier molecular flexibility index (Phi) is 4.43. The summed E-state index contributed by atoms with van der Waals surface area (Å²) in [6.07, 6.45) is -4.69. The molecule has 23 heavy (non-hydrogen) atoms. The van der Waals surface area contributed by atoms with Crippen molar-refractivity contribution in [3.63, 3.8) is 0 Å². The zero-order chi connectivity index (χ0) is 17.5. The van der Waals surface area contributed by atoms with Gasteiger partial charge in [0.1, 0.15) is 17.4 Å². The van der Waals surface area contributed by atoms with Crippen LogP contribution in [0.2, 0.25) is 5.02 Å². The van der Waals surface area contributed by atoms with Crippen molar-refractivity contribution in [1.29, 1.82) is 0 Å². The van der Waals surface area contributed by atoms with E-state index < -0.39 is 28.8 Å². The van der Waals surface area contributed by atoms with Crippen molar-refractivity contribution < 1.29 is 22.5 Å². The molecule has 6 nitrogen and oxygen atoms in total. The minimum absolute atomic E-state index is 0.0559. The lowest BCUT2D eigenvalue weighted by Crippen LogP contribution is -2.26. The summed E-state index contributed by atoms with van der Waals surface area (Å²) in [5.41, 5.74) is -0.308. The van der Waals surface area contributed by atoms with Crippen LogP contribution in [0.15, 0.2) is 4.52 Å². The molecule has 126 valence electrons. The zero-order valence-electron chi connectivity index (χ0n) is 12.7.